The van der Waals surface area contributed by atoms with Gasteiger partial charge >= 0.3 is 0 Å². The number of rotatable bonds is 7. The van der Waals surface area contributed by atoms with Crippen LogP contribution in [0, 0.1) is 0 Å². The van der Waals surface area contributed by atoms with Crippen molar-refractivity contribution in [1.82, 2.24) is 9.55 Å². The van der Waals surface area contributed by atoms with E-state index in [-0.39, 0.29) is 17.2 Å². The van der Waals surface area contributed by atoms with E-state index < -0.39 is 0 Å². The lowest BCUT2D eigenvalue weighted by Gasteiger charge is -2.14. The first kappa shape index (κ1) is 23.4. The van der Waals surface area contributed by atoms with E-state index in [2.05, 4.69) is 5.32 Å². The van der Waals surface area contributed by atoms with Gasteiger partial charge in [0.1, 0.15) is 16.3 Å². The Balaban J connectivity index is 1.48. The molecule has 7 nitrogen and oxygen atoms in total. The van der Waals surface area contributed by atoms with Crippen LogP contribution in [-0.4, -0.2) is 35.4 Å². The summed E-state index contributed by atoms with van der Waals surface area (Å²) in [6, 6.07) is 14.5. The van der Waals surface area contributed by atoms with Crippen LogP contribution in [0.3, 0.4) is 0 Å². The molecule has 0 radical (unpaired) electrons. The number of methoxy groups -OCH3 is 2. The van der Waals surface area contributed by atoms with Crippen molar-refractivity contribution in [3.63, 3.8) is 0 Å². The summed E-state index contributed by atoms with van der Waals surface area (Å²) < 4.78 is 12.1. The number of thioether (sulfide) groups is 1. The van der Waals surface area contributed by atoms with Crippen LogP contribution in [0.15, 0.2) is 58.5 Å². The van der Waals surface area contributed by atoms with Crippen LogP contribution in [0.5, 0.6) is 11.5 Å². The first-order valence-corrected chi connectivity index (χ1v) is 13.2. The maximum Gasteiger partial charge on any atom is 0.267 e. The molecule has 0 bridgehead atoms. The van der Waals surface area contributed by atoms with E-state index in [0.29, 0.717) is 27.7 Å². The van der Waals surface area contributed by atoms with Crippen molar-refractivity contribution in [3.8, 4) is 17.2 Å². The molecule has 5 rings (SSSR count). The third-order valence-corrected chi connectivity index (χ3v) is 8.12. The van der Waals surface area contributed by atoms with E-state index in [1.807, 2.05) is 24.3 Å². The zero-order chi connectivity index (χ0) is 24.4. The van der Waals surface area contributed by atoms with Crippen molar-refractivity contribution in [1.29, 1.82) is 0 Å². The lowest BCUT2D eigenvalue weighted by Crippen LogP contribution is -2.23. The topological polar surface area (TPSA) is 82.5 Å². The van der Waals surface area contributed by atoms with E-state index in [1.165, 1.54) is 16.6 Å². The van der Waals surface area contributed by atoms with Gasteiger partial charge in [-0.05, 0) is 79.8 Å². The summed E-state index contributed by atoms with van der Waals surface area (Å²) in [6.45, 7) is 0. The van der Waals surface area contributed by atoms with Crippen LogP contribution in [0.25, 0.3) is 15.9 Å². The first-order valence-electron chi connectivity index (χ1n) is 11.4. The molecule has 2 aromatic carbocycles. The molecule has 180 valence electrons. The number of nitrogens with one attached hydrogen (secondary N) is 1. The minimum Gasteiger partial charge on any atom is -0.497 e. The molecule has 4 aromatic rings. The molecular formula is C26H25N3O4S2. The third kappa shape index (κ3) is 4.78. The highest BCUT2D eigenvalue weighted by Crippen LogP contribution is 2.35. The number of fused-ring (bicyclic) bond motifs is 3. The molecule has 0 fully saturated rings. The Hall–Kier alpha value is -3.30. The third-order valence-electron chi connectivity index (χ3n) is 5.99. The van der Waals surface area contributed by atoms with E-state index in [1.54, 1.807) is 54.4 Å². The molecule has 2 heterocycles. The lowest BCUT2D eigenvalue weighted by molar-refractivity contribution is -0.113. The summed E-state index contributed by atoms with van der Waals surface area (Å²) >= 11 is 2.86. The van der Waals surface area contributed by atoms with Gasteiger partial charge in [-0.3, -0.25) is 14.2 Å². The van der Waals surface area contributed by atoms with Crippen molar-refractivity contribution >= 4 is 44.9 Å². The Morgan fingerprint density at radius 3 is 2.37 bits per heavy atom. The summed E-state index contributed by atoms with van der Waals surface area (Å²) in [7, 11) is 3.20. The average molecular weight is 508 g/mol. The van der Waals surface area contributed by atoms with Gasteiger partial charge in [0, 0.05) is 10.6 Å². The summed E-state index contributed by atoms with van der Waals surface area (Å²) in [5, 5.41) is 4.10. The number of carbonyl (C=O) groups excluding carboxylic acids is 1. The number of ether oxygens (including phenoxy) is 2. The van der Waals surface area contributed by atoms with Gasteiger partial charge in [-0.1, -0.05) is 11.8 Å². The van der Waals surface area contributed by atoms with Gasteiger partial charge in [0.2, 0.25) is 5.91 Å². The Bertz CT molecular complexity index is 1430. The van der Waals surface area contributed by atoms with Crippen LogP contribution in [-0.2, 0) is 17.6 Å². The van der Waals surface area contributed by atoms with Gasteiger partial charge in [-0.2, -0.15) is 0 Å². The van der Waals surface area contributed by atoms with Crippen molar-refractivity contribution < 1.29 is 14.3 Å². The number of aromatic nitrogens is 2. The highest BCUT2D eigenvalue weighted by molar-refractivity contribution is 7.99. The Morgan fingerprint density at radius 2 is 1.69 bits per heavy atom. The second-order valence-electron chi connectivity index (χ2n) is 8.19. The fourth-order valence-corrected chi connectivity index (χ4v) is 6.36. The molecule has 0 aliphatic heterocycles. The molecule has 0 atom stereocenters. The highest BCUT2D eigenvalue weighted by atomic mass is 32.2. The zero-order valence-corrected chi connectivity index (χ0v) is 21.1. The quantitative estimate of drug-likeness (QED) is 0.278. The normalized spacial score (nSPS) is 12.9. The molecule has 1 aliphatic carbocycles. The highest BCUT2D eigenvalue weighted by Gasteiger charge is 2.23. The number of hydrogen-bond acceptors (Lipinski definition) is 7. The second kappa shape index (κ2) is 10.1. The van der Waals surface area contributed by atoms with Crippen LogP contribution >= 0.6 is 23.1 Å². The number of nitrogens with zero attached hydrogens (tertiary/aromatic N) is 2. The summed E-state index contributed by atoms with van der Waals surface area (Å²) in [6.07, 6.45) is 4.12. The number of hydrogen-bond donors (Lipinski definition) is 1. The largest absolute Gasteiger partial charge is 0.497 e. The number of carbonyl (C=O) groups is 1. The molecule has 1 aliphatic rings. The predicted molar refractivity (Wildman–Crippen MR) is 141 cm³/mol. The monoisotopic (exact) mass is 507 g/mol. The summed E-state index contributed by atoms with van der Waals surface area (Å²) in [5.74, 6) is 1.36. The van der Waals surface area contributed by atoms with Crippen molar-refractivity contribution in [2.24, 2.45) is 0 Å². The molecule has 1 amide bonds. The molecule has 0 spiro atoms. The Labute approximate surface area is 211 Å². The molecule has 1 N–H and O–H groups in total. The van der Waals surface area contributed by atoms with E-state index in [4.69, 9.17) is 14.5 Å². The van der Waals surface area contributed by atoms with Crippen LogP contribution < -0.4 is 20.3 Å². The van der Waals surface area contributed by atoms with Crippen LogP contribution in [0.2, 0.25) is 0 Å². The lowest BCUT2D eigenvalue weighted by atomic mass is 9.97. The van der Waals surface area contributed by atoms with Gasteiger partial charge in [0.05, 0.1) is 31.0 Å². The number of aryl methyl sites for hydroxylation is 2. The van der Waals surface area contributed by atoms with E-state index >= 15 is 0 Å². The Morgan fingerprint density at radius 1 is 1.03 bits per heavy atom. The molecule has 9 heteroatoms. The molecular weight excluding hydrogens is 482 g/mol. The molecule has 2 aromatic heterocycles. The number of thiophene rings is 1. The van der Waals surface area contributed by atoms with E-state index in [9.17, 15) is 9.59 Å². The molecule has 0 saturated heterocycles. The van der Waals surface area contributed by atoms with Gasteiger partial charge < -0.3 is 14.8 Å². The number of anilines is 1. The van der Waals surface area contributed by atoms with E-state index in [0.717, 1.165) is 41.8 Å². The SMILES string of the molecule is COc1ccc(NC(=O)CSc2nc3sc4c(c3c(=O)n2-c2ccc(OC)cc2)CCCC4)cc1. The fourth-order valence-electron chi connectivity index (χ4n) is 4.24. The Kier molecular flexibility index (Phi) is 6.79. The smallest absolute Gasteiger partial charge is 0.267 e. The second-order valence-corrected chi connectivity index (χ2v) is 10.2. The van der Waals surface area contributed by atoms with Crippen LogP contribution in [0.1, 0.15) is 23.3 Å². The van der Waals surface area contributed by atoms with Crippen molar-refractivity contribution in [2.75, 3.05) is 25.3 Å². The predicted octanol–water partition coefficient (Wildman–Crippen LogP) is 5.07. The van der Waals surface area contributed by atoms with Crippen LogP contribution in [0.4, 0.5) is 5.69 Å². The van der Waals surface area contributed by atoms with Crippen molar-refractivity contribution in [2.45, 2.75) is 30.8 Å². The first-order chi connectivity index (χ1) is 17.1. The number of amides is 1. The van der Waals surface area contributed by atoms with Gasteiger partial charge in [-0.15, -0.1) is 11.3 Å². The molecule has 0 saturated carbocycles. The standard InChI is InChI=1S/C26H25N3O4S2/c1-32-18-11-7-16(8-12-18)27-22(30)15-34-26-28-24-23(20-5-3-4-6-21(20)35-24)25(31)29(26)17-9-13-19(33-2)14-10-17/h7-14H,3-6,15H2,1-2H3,(H,27,30). The number of benzene rings is 2. The minimum absolute atomic E-state index is 0.0855. The maximum atomic E-state index is 13.8. The van der Waals surface area contributed by atoms with Gasteiger partial charge in [-0.25, -0.2) is 4.98 Å². The molecule has 0 unspecified atom stereocenters. The summed E-state index contributed by atoms with van der Waals surface area (Å²) in [5.41, 5.74) is 2.43. The minimum atomic E-state index is -0.179. The fraction of sp³-hybridized carbons (Fsp3) is 0.269. The average Bonchev–Trinajstić information content (AvgIpc) is 3.27. The maximum absolute atomic E-state index is 13.8. The van der Waals surface area contributed by atoms with Gasteiger partial charge in [0.25, 0.3) is 5.56 Å². The molecule has 35 heavy (non-hydrogen) atoms. The zero-order valence-electron chi connectivity index (χ0n) is 19.5. The van der Waals surface area contributed by atoms with Gasteiger partial charge in [0.15, 0.2) is 5.16 Å². The summed E-state index contributed by atoms with van der Waals surface area (Å²) in [4.78, 5) is 33.4. The van der Waals surface area contributed by atoms with Crippen molar-refractivity contribution in [3.05, 3.63) is 69.3 Å².